The largest absolute Gasteiger partial charge is 0.457 e. The fourth-order valence-electron chi connectivity index (χ4n) is 5.32. The first-order valence-corrected chi connectivity index (χ1v) is 13.9. The third-order valence-corrected chi connectivity index (χ3v) is 7.23. The van der Waals surface area contributed by atoms with Gasteiger partial charge in [0.1, 0.15) is 35.0 Å². The molecule has 2 N–H and O–H groups in total. The molecule has 0 unspecified atom stereocenters. The van der Waals surface area contributed by atoms with Crippen LogP contribution in [0.5, 0.6) is 11.5 Å². The van der Waals surface area contributed by atoms with E-state index in [-0.39, 0.29) is 29.0 Å². The summed E-state index contributed by atoms with van der Waals surface area (Å²) in [5.74, 6) is 1.17. The Labute approximate surface area is 243 Å². The number of amides is 1. The number of piperidine rings is 1. The zero-order valence-corrected chi connectivity index (χ0v) is 23.9. The van der Waals surface area contributed by atoms with Crippen LogP contribution in [0, 0.1) is 11.3 Å². The van der Waals surface area contributed by atoms with Gasteiger partial charge < -0.3 is 20.1 Å². The molecular formula is C31H33N7O4. The molecule has 0 aliphatic carbocycles. The van der Waals surface area contributed by atoms with Crippen LogP contribution < -0.4 is 16.2 Å². The molecule has 1 fully saturated rings. The van der Waals surface area contributed by atoms with Crippen LogP contribution in [0.2, 0.25) is 0 Å². The normalized spacial score (nSPS) is 14.6. The van der Waals surface area contributed by atoms with Gasteiger partial charge in [-0.15, -0.1) is 0 Å². The average molecular weight is 568 g/mol. The van der Waals surface area contributed by atoms with Crippen molar-refractivity contribution in [3.63, 3.8) is 0 Å². The van der Waals surface area contributed by atoms with Gasteiger partial charge in [0.15, 0.2) is 11.5 Å². The van der Waals surface area contributed by atoms with Crippen molar-refractivity contribution in [3.8, 4) is 23.3 Å². The number of hydrogen-bond acceptors (Lipinski definition) is 8. The molecule has 0 radical (unpaired) electrons. The van der Waals surface area contributed by atoms with Crippen LogP contribution in [0.25, 0.3) is 16.9 Å². The molecule has 42 heavy (non-hydrogen) atoms. The van der Waals surface area contributed by atoms with Gasteiger partial charge in [-0.05, 0) is 76.1 Å². The van der Waals surface area contributed by atoms with Crippen molar-refractivity contribution < 1.29 is 14.3 Å². The summed E-state index contributed by atoms with van der Waals surface area (Å²) in [7, 11) is 0. The number of nitrogens with zero attached hydrogens (tertiary/aromatic N) is 6. The summed E-state index contributed by atoms with van der Waals surface area (Å²) in [5, 5.41) is 9.67. The molecule has 0 spiro atoms. The second kappa shape index (κ2) is 11.9. The van der Waals surface area contributed by atoms with E-state index in [2.05, 4.69) is 9.97 Å². The highest BCUT2D eigenvalue weighted by atomic mass is 16.5. The number of carbonyl (C=O) groups excluding carboxylic acids is 1. The first kappa shape index (κ1) is 28.6. The highest BCUT2D eigenvalue weighted by molar-refractivity contribution is 5.97. The lowest BCUT2D eigenvalue weighted by molar-refractivity contribution is -0.128. The van der Waals surface area contributed by atoms with E-state index < -0.39 is 5.60 Å². The maximum Gasteiger partial charge on any atom is 0.335 e. The highest BCUT2D eigenvalue weighted by Crippen LogP contribution is 2.29. The number of likely N-dealkylation sites (tertiary alicyclic amines) is 1. The number of nitrogen functional groups attached to an aromatic ring is 1. The Morgan fingerprint density at radius 1 is 1.10 bits per heavy atom. The fourth-order valence-corrected chi connectivity index (χ4v) is 5.32. The molecule has 1 saturated heterocycles. The number of nitrogens with two attached hydrogens (primary N) is 1. The molecule has 1 amide bonds. The first-order valence-electron chi connectivity index (χ1n) is 13.9. The van der Waals surface area contributed by atoms with E-state index in [1.807, 2.05) is 57.2 Å². The summed E-state index contributed by atoms with van der Waals surface area (Å²) in [4.78, 5) is 37.3. The van der Waals surface area contributed by atoms with Crippen LogP contribution in [0.3, 0.4) is 0 Å². The summed E-state index contributed by atoms with van der Waals surface area (Å²) in [6, 6.07) is 18.4. The minimum Gasteiger partial charge on any atom is -0.457 e. The van der Waals surface area contributed by atoms with E-state index >= 15 is 0 Å². The molecule has 1 aliphatic heterocycles. The molecule has 11 nitrogen and oxygen atoms in total. The number of hydrogen-bond donors (Lipinski definition) is 1. The molecule has 5 rings (SSSR count). The van der Waals surface area contributed by atoms with E-state index in [9.17, 15) is 14.9 Å². The Balaban J connectivity index is 1.41. The van der Waals surface area contributed by atoms with Crippen LogP contribution in [0.4, 0.5) is 5.82 Å². The number of benzene rings is 2. The molecule has 216 valence electrons. The van der Waals surface area contributed by atoms with Gasteiger partial charge in [0.25, 0.3) is 5.91 Å². The topological polar surface area (TPSA) is 141 Å². The second-order valence-corrected chi connectivity index (χ2v) is 10.6. The zero-order valence-electron chi connectivity index (χ0n) is 23.9. The Kier molecular flexibility index (Phi) is 8.08. The molecule has 11 heteroatoms. The lowest BCUT2D eigenvalue weighted by Crippen LogP contribution is -2.41. The van der Waals surface area contributed by atoms with Gasteiger partial charge in [-0.3, -0.25) is 13.9 Å². The van der Waals surface area contributed by atoms with Crippen molar-refractivity contribution in [1.29, 1.82) is 5.26 Å². The molecule has 0 atom stereocenters. The average Bonchev–Trinajstić information content (AvgIpc) is 3.29. The summed E-state index contributed by atoms with van der Waals surface area (Å²) in [6.07, 6.45) is 3.93. The number of rotatable bonds is 8. The van der Waals surface area contributed by atoms with Crippen molar-refractivity contribution in [1.82, 2.24) is 24.0 Å². The molecule has 0 bridgehead atoms. The summed E-state index contributed by atoms with van der Waals surface area (Å²) in [5.41, 5.74) is 6.72. The molecule has 0 saturated carbocycles. The number of nitriles is 1. The van der Waals surface area contributed by atoms with Crippen molar-refractivity contribution in [2.75, 3.05) is 25.4 Å². The SMILES string of the molecule is CCOC(C)(C)C=C(C#N)C(=O)N1CCC(n2c(=O)n(-c3ccc(Oc4ccccc4)cc3)c3c(N)ncnc32)CC1. The quantitative estimate of drug-likeness (QED) is 0.244. The van der Waals surface area contributed by atoms with Gasteiger partial charge in [-0.25, -0.2) is 14.8 Å². The second-order valence-electron chi connectivity index (χ2n) is 10.6. The van der Waals surface area contributed by atoms with Crippen molar-refractivity contribution in [3.05, 3.63) is 83.1 Å². The smallest absolute Gasteiger partial charge is 0.335 e. The van der Waals surface area contributed by atoms with Crippen LogP contribution >= 0.6 is 0 Å². The lowest BCUT2D eigenvalue weighted by Gasteiger charge is -2.32. The molecule has 1 aliphatic rings. The van der Waals surface area contributed by atoms with Crippen LogP contribution in [-0.4, -0.2) is 55.2 Å². The molecule has 3 heterocycles. The summed E-state index contributed by atoms with van der Waals surface area (Å²) < 4.78 is 14.7. The molecule has 2 aromatic heterocycles. The third kappa shape index (κ3) is 5.75. The van der Waals surface area contributed by atoms with E-state index in [1.165, 1.54) is 10.9 Å². The number of imidazole rings is 1. The number of para-hydroxylation sites is 1. The fraction of sp³-hybridized carbons (Fsp3) is 0.323. The minimum absolute atomic E-state index is 0.0425. The number of carbonyl (C=O) groups is 1. The molecule has 2 aromatic carbocycles. The van der Waals surface area contributed by atoms with Gasteiger partial charge in [0.2, 0.25) is 0 Å². The maximum absolute atomic E-state index is 13.9. The summed E-state index contributed by atoms with van der Waals surface area (Å²) in [6.45, 7) is 6.70. The predicted molar refractivity (Wildman–Crippen MR) is 158 cm³/mol. The Morgan fingerprint density at radius 3 is 2.40 bits per heavy atom. The van der Waals surface area contributed by atoms with Crippen LogP contribution in [-0.2, 0) is 9.53 Å². The number of aromatic nitrogens is 4. The van der Waals surface area contributed by atoms with Gasteiger partial charge in [0, 0.05) is 25.7 Å². The van der Waals surface area contributed by atoms with Gasteiger partial charge in [-0.1, -0.05) is 18.2 Å². The number of anilines is 1. The van der Waals surface area contributed by atoms with E-state index in [0.29, 0.717) is 60.9 Å². The van der Waals surface area contributed by atoms with Crippen LogP contribution in [0.15, 0.2) is 77.4 Å². The number of fused-ring (bicyclic) bond motifs is 1. The van der Waals surface area contributed by atoms with Gasteiger partial charge in [0.05, 0.1) is 11.3 Å². The van der Waals surface area contributed by atoms with E-state index in [0.717, 1.165) is 0 Å². The zero-order chi connectivity index (χ0) is 29.9. The van der Waals surface area contributed by atoms with E-state index in [1.54, 1.807) is 39.8 Å². The predicted octanol–water partition coefficient (Wildman–Crippen LogP) is 4.39. The van der Waals surface area contributed by atoms with Gasteiger partial charge in [-0.2, -0.15) is 5.26 Å². The van der Waals surface area contributed by atoms with Crippen molar-refractivity contribution >= 4 is 22.9 Å². The Morgan fingerprint density at radius 2 is 1.76 bits per heavy atom. The Hall–Kier alpha value is -4.95. The summed E-state index contributed by atoms with van der Waals surface area (Å²) >= 11 is 0. The standard InChI is InChI=1S/C31H33N7O4/c1-4-41-31(2,3)18-21(19-32)29(39)36-16-14-23(15-17-36)38-28-26(27(33)34-20-35-28)37(30(38)40)22-10-12-25(13-11-22)42-24-8-6-5-7-9-24/h5-13,18,20,23H,4,14-17H2,1-3H3,(H2,33,34,35). The maximum atomic E-state index is 13.9. The monoisotopic (exact) mass is 567 g/mol. The molecule has 4 aromatic rings. The van der Waals surface area contributed by atoms with Gasteiger partial charge >= 0.3 is 5.69 Å². The number of ether oxygens (including phenoxy) is 2. The van der Waals surface area contributed by atoms with Crippen molar-refractivity contribution in [2.45, 2.75) is 45.3 Å². The Bertz CT molecular complexity index is 1710. The minimum atomic E-state index is -0.742. The lowest BCUT2D eigenvalue weighted by atomic mass is 10.0. The van der Waals surface area contributed by atoms with Crippen LogP contribution in [0.1, 0.15) is 39.7 Å². The van der Waals surface area contributed by atoms with E-state index in [4.69, 9.17) is 15.2 Å². The first-order chi connectivity index (χ1) is 20.2. The third-order valence-electron chi connectivity index (χ3n) is 7.23. The molecular weight excluding hydrogens is 534 g/mol. The van der Waals surface area contributed by atoms with Crippen molar-refractivity contribution in [2.24, 2.45) is 0 Å². The highest BCUT2D eigenvalue weighted by Gasteiger charge is 2.31.